The van der Waals surface area contributed by atoms with Crippen molar-refractivity contribution in [1.82, 2.24) is 4.57 Å². The first-order valence-electron chi connectivity index (χ1n) is 7.00. The van der Waals surface area contributed by atoms with Gasteiger partial charge in [0.2, 0.25) is 0 Å². The van der Waals surface area contributed by atoms with Crippen molar-refractivity contribution in [2.24, 2.45) is 7.05 Å². The van der Waals surface area contributed by atoms with E-state index in [0.717, 1.165) is 34.5 Å². The zero-order valence-corrected chi connectivity index (χ0v) is 14.5. The molecule has 0 spiro atoms. The molecule has 1 aliphatic carbocycles. The second kappa shape index (κ2) is 4.85. The number of nitrogens with zero attached hydrogens (tertiary/aromatic N) is 2. The predicted molar refractivity (Wildman–Crippen MR) is 87.5 cm³/mol. The summed E-state index contributed by atoms with van der Waals surface area (Å²) in [6, 6.07) is 0.462. The lowest BCUT2D eigenvalue weighted by Gasteiger charge is -2.09. The zero-order valence-electron chi connectivity index (χ0n) is 11.3. The van der Waals surface area contributed by atoms with Gasteiger partial charge in [-0.3, -0.25) is 0 Å². The summed E-state index contributed by atoms with van der Waals surface area (Å²) in [6.07, 6.45) is 4.72. The second-order valence-electron chi connectivity index (χ2n) is 5.53. The molecule has 0 N–H and O–H groups in total. The molecule has 2 aromatic rings. The fraction of sp³-hybridized carbons (Fsp3) is 0.571. The van der Waals surface area contributed by atoms with Crippen molar-refractivity contribution in [2.45, 2.75) is 36.9 Å². The number of thioether (sulfide) groups is 1. The number of hydrogen-bond acceptors (Lipinski definition) is 3. The van der Waals surface area contributed by atoms with E-state index in [9.17, 15) is 4.79 Å². The lowest BCUT2D eigenvalue weighted by molar-refractivity contribution is -0.722. The molecule has 0 aromatic carbocycles. The highest BCUT2D eigenvalue weighted by molar-refractivity contribution is 9.09. The minimum absolute atomic E-state index is 0.202. The summed E-state index contributed by atoms with van der Waals surface area (Å²) in [5, 5.41) is 3.07. The lowest BCUT2D eigenvalue weighted by atomic mass is 9.97. The number of aromatic nitrogens is 2. The van der Waals surface area contributed by atoms with Crippen LogP contribution in [0.15, 0.2) is 9.95 Å². The molecule has 0 radical (unpaired) electrons. The Kier molecular flexibility index (Phi) is 3.23. The Morgan fingerprint density at radius 2 is 2.20 bits per heavy atom. The van der Waals surface area contributed by atoms with Crippen LogP contribution in [0, 0.1) is 0 Å². The Balaban J connectivity index is 2.13. The van der Waals surface area contributed by atoms with E-state index >= 15 is 0 Å². The van der Waals surface area contributed by atoms with Crippen LogP contribution in [0.3, 0.4) is 0 Å². The van der Waals surface area contributed by atoms with Crippen molar-refractivity contribution in [3.63, 3.8) is 0 Å². The maximum atomic E-state index is 12.7. The van der Waals surface area contributed by atoms with Gasteiger partial charge in [-0.05, 0) is 43.0 Å². The van der Waals surface area contributed by atoms with E-state index in [4.69, 9.17) is 0 Å². The van der Waals surface area contributed by atoms with Crippen LogP contribution in [0.25, 0.3) is 10.2 Å². The molecule has 0 amide bonds. The topological polar surface area (TPSA) is 25.9 Å². The number of fused-ring (bicyclic) bond motifs is 5. The van der Waals surface area contributed by atoms with Gasteiger partial charge in [0.05, 0.1) is 7.05 Å². The number of hydrogen-bond donors (Lipinski definition) is 0. The number of alkyl halides is 1. The van der Waals surface area contributed by atoms with Crippen LogP contribution in [-0.2, 0) is 19.9 Å². The van der Waals surface area contributed by atoms with Crippen molar-refractivity contribution >= 4 is 49.2 Å². The fourth-order valence-electron chi connectivity index (χ4n) is 3.29. The predicted octanol–water partition coefficient (Wildman–Crippen LogP) is 2.81. The Hall–Kier alpha value is -0.330. The molecule has 0 bridgehead atoms. The van der Waals surface area contributed by atoms with E-state index in [0.29, 0.717) is 6.04 Å². The molecular weight excluding hydrogens is 356 g/mol. The fourth-order valence-corrected chi connectivity index (χ4v) is 6.89. The third-order valence-corrected chi connectivity index (χ3v) is 7.65. The van der Waals surface area contributed by atoms with Gasteiger partial charge in [0.25, 0.3) is 0 Å². The molecule has 1 atom stereocenters. The molecule has 3 nitrogen and oxygen atoms in total. The highest BCUT2D eigenvalue weighted by Crippen LogP contribution is 2.36. The van der Waals surface area contributed by atoms with Crippen molar-refractivity contribution in [3.8, 4) is 0 Å². The van der Waals surface area contributed by atoms with Crippen LogP contribution in [0.1, 0.15) is 29.3 Å². The molecule has 2 aliphatic rings. The largest absolute Gasteiger partial charge is 0.346 e. The smallest absolute Gasteiger partial charge is 0.241 e. The summed E-state index contributed by atoms with van der Waals surface area (Å²) >= 11 is 7.30. The number of thiophene rings is 1. The summed E-state index contributed by atoms with van der Waals surface area (Å²) in [6.45, 7) is 0. The second-order valence-corrected chi connectivity index (χ2v) is 8.25. The van der Waals surface area contributed by atoms with Crippen LogP contribution in [-0.4, -0.2) is 15.7 Å². The number of halogens is 1. The van der Waals surface area contributed by atoms with Crippen molar-refractivity contribution in [3.05, 3.63) is 20.8 Å². The van der Waals surface area contributed by atoms with Crippen LogP contribution in [0.5, 0.6) is 0 Å². The molecule has 106 valence electrons. The van der Waals surface area contributed by atoms with Gasteiger partial charge in [-0.25, -0.2) is 9.36 Å². The molecule has 0 saturated heterocycles. The first kappa shape index (κ1) is 13.3. The summed E-state index contributed by atoms with van der Waals surface area (Å²) < 4.78 is 4.26. The molecule has 0 fully saturated rings. The Labute approximate surface area is 134 Å². The zero-order chi connectivity index (χ0) is 13.9. The van der Waals surface area contributed by atoms with Gasteiger partial charge in [-0.2, -0.15) is 4.57 Å². The third kappa shape index (κ3) is 1.70. The molecule has 0 unspecified atom stereocenters. The van der Waals surface area contributed by atoms with Gasteiger partial charge in [-0.1, -0.05) is 27.3 Å². The average Bonchev–Trinajstić information content (AvgIpc) is 3.05. The van der Waals surface area contributed by atoms with Gasteiger partial charge < -0.3 is 0 Å². The van der Waals surface area contributed by atoms with Crippen LogP contribution < -0.4 is 10.1 Å². The van der Waals surface area contributed by atoms with E-state index in [1.807, 2.05) is 23.0 Å². The van der Waals surface area contributed by atoms with Crippen molar-refractivity contribution in [1.29, 1.82) is 0 Å². The van der Waals surface area contributed by atoms with Crippen molar-refractivity contribution in [2.75, 3.05) is 11.1 Å². The molecule has 6 heteroatoms. The van der Waals surface area contributed by atoms with E-state index in [1.165, 1.54) is 28.1 Å². The highest BCUT2D eigenvalue weighted by Gasteiger charge is 2.36. The highest BCUT2D eigenvalue weighted by atomic mass is 79.9. The molecule has 2 aromatic heterocycles. The molecule has 1 aliphatic heterocycles. The molecule has 4 rings (SSSR count). The van der Waals surface area contributed by atoms with Crippen LogP contribution >= 0.6 is 39.0 Å². The number of aryl methyl sites for hydroxylation is 2. The maximum absolute atomic E-state index is 12.7. The minimum atomic E-state index is 0.202. The Morgan fingerprint density at radius 1 is 1.40 bits per heavy atom. The van der Waals surface area contributed by atoms with Gasteiger partial charge in [0.15, 0.2) is 4.83 Å². The summed E-state index contributed by atoms with van der Waals surface area (Å²) in [4.78, 5) is 15.4. The van der Waals surface area contributed by atoms with E-state index in [-0.39, 0.29) is 5.56 Å². The Bertz CT molecular complexity index is 765. The summed E-state index contributed by atoms with van der Waals surface area (Å²) in [5.41, 5.74) is 1.55. The molecule has 0 saturated carbocycles. The van der Waals surface area contributed by atoms with E-state index in [1.54, 1.807) is 11.8 Å². The third-order valence-electron chi connectivity index (χ3n) is 4.33. The van der Waals surface area contributed by atoms with Gasteiger partial charge >= 0.3 is 10.7 Å². The van der Waals surface area contributed by atoms with E-state index < -0.39 is 0 Å². The average molecular weight is 372 g/mol. The lowest BCUT2D eigenvalue weighted by Crippen LogP contribution is -2.44. The van der Waals surface area contributed by atoms with Crippen LogP contribution in [0.4, 0.5) is 0 Å². The normalized spacial score (nSPS) is 21.2. The molecular formula is C14H16BrN2OS2+. The quantitative estimate of drug-likeness (QED) is 0.437. The molecule has 20 heavy (non-hydrogen) atoms. The van der Waals surface area contributed by atoms with Crippen molar-refractivity contribution < 1.29 is 4.57 Å². The van der Waals surface area contributed by atoms with E-state index in [2.05, 4.69) is 20.5 Å². The summed E-state index contributed by atoms with van der Waals surface area (Å²) in [7, 11) is 1.92. The van der Waals surface area contributed by atoms with Gasteiger partial charge in [0.1, 0.15) is 11.4 Å². The first-order valence-corrected chi connectivity index (χ1v) is 9.92. The first-order chi connectivity index (χ1) is 9.72. The SMILES string of the molecule is Cn1c2[n+](c3sc4c(c3c1=O)CCCC4)[C@H](CBr)CS2. The minimum Gasteiger partial charge on any atom is -0.241 e. The Morgan fingerprint density at radius 3 is 3.00 bits per heavy atom. The van der Waals surface area contributed by atoms with Gasteiger partial charge in [-0.15, -0.1) is 0 Å². The standard InChI is InChI=1S/C14H16BrN2OS2/c1-16-12(18)11-9-4-2-3-5-10(9)20-13(11)17-8(6-15)7-19-14(16)17/h8H,2-7H2,1H3/q+1/t8-/m1/s1. The van der Waals surface area contributed by atoms with Gasteiger partial charge in [0, 0.05) is 16.0 Å². The monoisotopic (exact) mass is 371 g/mol. The number of rotatable bonds is 1. The van der Waals surface area contributed by atoms with Crippen LogP contribution in [0.2, 0.25) is 0 Å². The summed E-state index contributed by atoms with van der Waals surface area (Å²) in [5.74, 6) is 1.06. The maximum Gasteiger partial charge on any atom is 0.346 e. The molecule has 3 heterocycles.